The molecule has 0 aromatic heterocycles. The Morgan fingerprint density at radius 1 is 0.905 bits per heavy atom. The minimum absolute atomic E-state index is 0.0791. The van der Waals surface area contributed by atoms with Gasteiger partial charge in [-0.2, -0.15) is 0 Å². The van der Waals surface area contributed by atoms with E-state index >= 15 is 0 Å². The van der Waals surface area contributed by atoms with Crippen molar-refractivity contribution in [1.82, 2.24) is 4.90 Å². The zero-order valence-corrected chi connectivity index (χ0v) is 13.6. The van der Waals surface area contributed by atoms with Crippen LogP contribution in [0.25, 0.3) is 0 Å². The predicted octanol–water partition coefficient (Wildman–Crippen LogP) is 3.70. The summed E-state index contributed by atoms with van der Waals surface area (Å²) < 4.78 is 0. The lowest BCUT2D eigenvalue weighted by Crippen LogP contribution is -2.35. The molecule has 1 N–H and O–H groups in total. The summed E-state index contributed by atoms with van der Waals surface area (Å²) in [4.78, 5) is 25.3. The second-order valence-corrected chi connectivity index (χ2v) is 6.23. The van der Waals surface area contributed by atoms with Crippen molar-refractivity contribution < 1.29 is 14.7 Å². The quantitative estimate of drug-likeness (QED) is 0.559. The summed E-state index contributed by atoms with van der Waals surface area (Å²) >= 11 is 0. The van der Waals surface area contributed by atoms with Crippen molar-refractivity contribution in [1.29, 1.82) is 0 Å². The van der Waals surface area contributed by atoms with Crippen LogP contribution in [0.5, 0.6) is 0 Å². The van der Waals surface area contributed by atoms with Crippen molar-refractivity contribution in [3.8, 4) is 0 Å². The topological polar surface area (TPSA) is 57.6 Å². The summed E-state index contributed by atoms with van der Waals surface area (Å²) in [5, 5.41) is 8.98. The summed E-state index contributed by atoms with van der Waals surface area (Å²) in [7, 11) is 0. The third-order valence-corrected chi connectivity index (χ3v) is 4.30. The first kappa shape index (κ1) is 18.0. The highest BCUT2D eigenvalue weighted by atomic mass is 16.4. The first-order valence-electron chi connectivity index (χ1n) is 8.63. The molecule has 122 valence electrons. The molecule has 1 aliphatic carbocycles. The molecule has 0 radical (unpaired) electrons. The molecule has 0 aromatic rings. The number of carboxylic acid groups (broad SMARTS) is 1. The Bertz CT molecular complexity index is 318. The fourth-order valence-electron chi connectivity index (χ4n) is 2.77. The Morgan fingerprint density at radius 3 is 1.81 bits per heavy atom. The maximum atomic E-state index is 12.4. The van der Waals surface area contributed by atoms with Crippen molar-refractivity contribution in [3.05, 3.63) is 0 Å². The number of carbonyl (C=O) groups excluding carboxylic acids is 1. The van der Waals surface area contributed by atoms with E-state index in [9.17, 15) is 9.59 Å². The number of carboxylic acids is 1. The van der Waals surface area contributed by atoms with Crippen LogP contribution in [0.3, 0.4) is 0 Å². The zero-order chi connectivity index (χ0) is 15.7. The Kier molecular flexibility index (Phi) is 8.40. The summed E-state index contributed by atoms with van der Waals surface area (Å²) in [6.45, 7) is 5.95. The molecule has 1 rings (SSSR count). The van der Waals surface area contributed by atoms with E-state index in [0.29, 0.717) is 6.42 Å². The van der Waals surface area contributed by atoms with E-state index in [1.54, 1.807) is 0 Å². The van der Waals surface area contributed by atoms with Crippen LogP contribution >= 0.6 is 0 Å². The lowest BCUT2D eigenvalue weighted by atomic mass is 10.1. The van der Waals surface area contributed by atoms with E-state index in [-0.39, 0.29) is 11.8 Å². The summed E-state index contributed by atoms with van der Waals surface area (Å²) in [5.74, 6) is -1.41. The van der Waals surface area contributed by atoms with Gasteiger partial charge in [0.2, 0.25) is 5.91 Å². The third kappa shape index (κ3) is 6.49. The maximum Gasteiger partial charge on any atom is 0.307 e. The molecule has 1 amide bonds. The molecule has 0 spiro atoms. The number of unbranched alkanes of at least 4 members (excludes halogenated alkanes) is 6. The molecule has 0 saturated heterocycles. The highest BCUT2D eigenvalue weighted by molar-refractivity contribution is 5.89. The van der Waals surface area contributed by atoms with Crippen LogP contribution in [0.2, 0.25) is 0 Å². The van der Waals surface area contributed by atoms with Gasteiger partial charge in [0.25, 0.3) is 0 Å². The van der Waals surface area contributed by atoms with Gasteiger partial charge in [0.1, 0.15) is 0 Å². The molecular weight excluding hydrogens is 266 g/mol. The molecule has 0 aromatic carbocycles. The highest BCUT2D eigenvalue weighted by Crippen LogP contribution is 2.40. The van der Waals surface area contributed by atoms with Crippen LogP contribution in [0.15, 0.2) is 0 Å². The first-order valence-corrected chi connectivity index (χ1v) is 8.63. The minimum Gasteiger partial charge on any atom is -0.481 e. The fourth-order valence-corrected chi connectivity index (χ4v) is 2.77. The molecule has 0 bridgehead atoms. The van der Waals surface area contributed by atoms with Gasteiger partial charge in [-0.15, -0.1) is 0 Å². The van der Waals surface area contributed by atoms with Crippen LogP contribution < -0.4 is 0 Å². The van der Waals surface area contributed by atoms with Crippen molar-refractivity contribution in [2.45, 2.75) is 71.6 Å². The predicted molar refractivity (Wildman–Crippen MR) is 84.1 cm³/mol. The van der Waals surface area contributed by atoms with Crippen molar-refractivity contribution >= 4 is 11.9 Å². The van der Waals surface area contributed by atoms with Gasteiger partial charge in [0, 0.05) is 13.1 Å². The van der Waals surface area contributed by atoms with Crippen LogP contribution in [-0.4, -0.2) is 35.0 Å². The lowest BCUT2D eigenvalue weighted by molar-refractivity contribution is -0.142. The van der Waals surface area contributed by atoms with Gasteiger partial charge < -0.3 is 10.0 Å². The van der Waals surface area contributed by atoms with E-state index in [2.05, 4.69) is 13.8 Å². The molecule has 0 aliphatic heterocycles. The minimum atomic E-state index is -0.815. The van der Waals surface area contributed by atoms with E-state index < -0.39 is 11.9 Å². The fraction of sp³-hybridized carbons (Fsp3) is 0.882. The standard InChI is InChI=1S/C17H31NO3/c1-3-5-7-9-11-18(12-10-8-6-4-2)16(19)14-13-15(14)17(20)21/h14-15H,3-13H2,1-2H3,(H,20,21). The Hall–Kier alpha value is -1.06. The van der Waals surface area contributed by atoms with Gasteiger partial charge in [0.05, 0.1) is 11.8 Å². The Labute approximate surface area is 128 Å². The van der Waals surface area contributed by atoms with E-state index in [1.165, 1.54) is 25.7 Å². The average Bonchev–Trinajstić information content (AvgIpc) is 3.25. The number of amides is 1. The van der Waals surface area contributed by atoms with Crippen molar-refractivity contribution in [3.63, 3.8) is 0 Å². The molecule has 0 heterocycles. The number of carbonyl (C=O) groups is 2. The van der Waals surface area contributed by atoms with Gasteiger partial charge in [-0.25, -0.2) is 0 Å². The number of nitrogens with zero attached hydrogens (tertiary/aromatic N) is 1. The number of hydrogen-bond donors (Lipinski definition) is 1. The number of rotatable bonds is 12. The van der Waals surface area contributed by atoms with Crippen LogP contribution in [0, 0.1) is 11.8 Å². The second kappa shape index (κ2) is 9.80. The smallest absolute Gasteiger partial charge is 0.307 e. The summed E-state index contributed by atoms with van der Waals surface area (Å²) in [5.41, 5.74) is 0. The molecule has 2 atom stereocenters. The molecule has 21 heavy (non-hydrogen) atoms. The van der Waals surface area contributed by atoms with Crippen LogP contribution in [0.1, 0.15) is 71.6 Å². The Balaban J connectivity index is 2.38. The Morgan fingerprint density at radius 2 is 1.43 bits per heavy atom. The van der Waals surface area contributed by atoms with Gasteiger partial charge in [-0.3, -0.25) is 9.59 Å². The van der Waals surface area contributed by atoms with E-state index in [4.69, 9.17) is 5.11 Å². The van der Waals surface area contributed by atoms with Crippen molar-refractivity contribution in [2.24, 2.45) is 11.8 Å². The number of hydrogen-bond acceptors (Lipinski definition) is 2. The van der Waals surface area contributed by atoms with Gasteiger partial charge in [-0.05, 0) is 19.3 Å². The van der Waals surface area contributed by atoms with Crippen LogP contribution in [-0.2, 0) is 9.59 Å². The molecule has 1 fully saturated rings. The lowest BCUT2D eigenvalue weighted by Gasteiger charge is -2.23. The summed E-state index contributed by atoms with van der Waals surface area (Å²) in [6, 6.07) is 0. The van der Waals surface area contributed by atoms with E-state index in [0.717, 1.165) is 38.8 Å². The first-order chi connectivity index (χ1) is 10.1. The third-order valence-electron chi connectivity index (χ3n) is 4.30. The second-order valence-electron chi connectivity index (χ2n) is 6.23. The highest BCUT2D eigenvalue weighted by Gasteiger charge is 2.49. The zero-order valence-electron chi connectivity index (χ0n) is 13.6. The normalized spacial score (nSPS) is 20.3. The van der Waals surface area contributed by atoms with E-state index in [1.807, 2.05) is 4.90 Å². The maximum absolute atomic E-state index is 12.4. The summed E-state index contributed by atoms with van der Waals surface area (Å²) in [6.07, 6.45) is 9.72. The largest absolute Gasteiger partial charge is 0.481 e. The SMILES string of the molecule is CCCCCCN(CCCCCC)C(=O)C1CC1C(=O)O. The molecule has 1 saturated carbocycles. The van der Waals surface area contributed by atoms with Gasteiger partial charge in [-0.1, -0.05) is 52.4 Å². The molecule has 4 nitrogen and oxygen atoms in total. The molecule has 4 heteroatoms. The monoisotopic (exact) mass is 297 g/mol. The average molecular weight is 297 g/mol. The van der Waals surface area contributed by atoms with Crippen LogP contribution in [0.4, 0.5) is 0 Å². The van der Waals surface area contributed by atoms with Gasteiger partial charge in [0.15, 0.2) is 0 Å². The number of aliphatic carboxylic acids is 1. The molecule has 2 unspecified atom stereocenters. The molecular formula is C17H31NO3. The van der Waals surface area contributed by atoms with Crippen molar-refractivity contribution in [2.75, 3.05) is 13.1 Å². The molecule has 1 aliphatic rings. The van der Waals surface area contributed by atoms with Gasteiger partial charge >= 0.3 is 5.97 Å².